The van der Waals surface area contributed by atoms with Crippen LogP contribution < -0.4 is 0 Å². The Labute approximate surface area is 208 Å². The van der Waals surface area contributed by atoms with E-state index in [9.17, 15) is 9.90 Å². The molecule has 0 heterocycles. The second kappa shape index (κ2) is 9.46. The number of aliphatic carboxylic acids is 1. The first-order chi connectivity index (χ1) is 16.0. The minimum atomic E-state index is -0.833. The van der Waals surface area contributed by atoms with E-state index in [-0.39, 0.29) is 22.3 Å². The van der Waals surface area contributed by atoms with Crippen LogP contribution in [0.5, 0.6) is 0 Å². The Morgan fingerprint density at radius 3 is 2.38 bits per heavy atom. The van der Waals surface area contributed by atoms with E-state index in [1.807, 2.05) is 6.07 Å². The summed E-state index contributed by atoms with van der Waals surface area (Å²) in [6, 6.07) is 10.5. The molecule has 4 aliphatic rings. The van der Waals surface area contributed by atoms with Crippen molar-refractivity contribution in [3.8, 4) is 0 Å². The molecule has 34 heavy (non-hydrogen) atoms. The smallest absolute Gasteiger partial charge is 0.300 e. The number of carbonyl (C=O) groups is 2. The van der Waals surface area contributed by atoms with Gasteiger partial charge in [0.1, 0.15) is 0 Å². The summed E-state index contributed by atoms with van der Waals surface area (Å²) in [5, 5.41) is 18.1. The second-order valence-electron chi connectivity index (χ2n) is 11.7. The highest BCUT2D eigenvalue weighted by Gasteiger charge is 2.64. The van der Waals surface area contributed by atoms with Crippen molar-refractivity contribution < 1.29 is 19.8 Å². The molecule has 0 saturated heterocycles. The maximum atomic E-state index is 13.8. The topological polar surface area (TPSA) is 74.6 Å². The Morgan fingerprint density at radius 1 is 1.03 bits per heavy atom. The van der Waals surface area contributed by atoms with Gasteiger partial charge in [-0.05, 0) is 79.1 Å². The van der Waals surface area contributed by atoms with Gasteiger partial charge in [0.05, 0.1) is 6.10 Å². The molecule has 0 amide bonds. The van der Waals surface area contributed by atoms with Crippen LogP contribution in [0.25, 0.3) is 0 Å². The maximum absolute atomic E-state index is 13.8. The van der Waals surface area contributed by atoms with E-state index in [0.29, 0.717) is 23.5 Å². The minimum Gasteiger partial charge on any atom is -0.481 e. The number of carboxylic acids is 1. The quantitative estimate of drug-likeness (QED) is 0.514. The fraction of sp³-hybridized carbons (Fsp3) is 0.655. The average molecular weight is 485 g/mol. The molecule has 0 aromatic heterocycles. The largest absolute Gasteiger partial charge is 0.481 e. The number of aliphatic hydroxyl groups is 1. The van der Waals surface area contributed by atoms with E-state index in [1.165, 1.54) is 18.4 Å². The van der Waals surface area contributed by atoms with Crippen molar-refractivity contribution >= 4 is 23.5 Å². The summed E-state index contributed by atoms with van der Waals surface area (Å²) in [5.41, 5.74) is 1.20. The molecule has 2 N–H and O–H groups in total. The normalized spacial score (nSPS) is 40.7. The van der Waals surface area contributed by atoms with Gasteiger partial charge in [0.2, 0.25) is 0 Å². The van der Waals surface area contributed by atoms with Gasteiger partial charge in [-0.25, -0.2) is 0 Å². The third-order valence-electron chi connectivity index (χ3n) is 10.1. The Kier molecular flexibility index (Phi) is 7.10. The van der Waals surface area contributed by atoms with E-state index < -0.39 is 5.97 Å². The number of rotatable bonds is 3. The van der Waals surface area contributed by atoms with E-state index in [1.54, 1.807) is 11.8 Å². The molecule has 4 aliphatic carbocycles. The minimum absolute atomic E-state index is 0.0542. The molecule has 1 aromatic carbocycles. The molecule has 7 unspecified atom stereocenters. The van der Waals surface area contributed by atoms with Crippen molar-refractivity contribution in [1.82, 2.24) is 0 Å². The van der Waals surface area contributed by atoms with E-state index in [0.717, 1.165) is 49.7 Å². The first-order valence-corrected chi connectivity index (χ1v) is 13.8. The van der Waals surface area contributed by atoms with E-state index in [2.05, 4.69) is 51.1 Å². The predicted molar refractivity (Wildman–Crippen MR) is 137 cm³/mol. The molecule has 5 rings (SSSR count). The third kappa shape index (κ3) is 4.17. The fourth-order valence-corrected chi connectivity index (χ4v) is 8.95. The Hall–Kier alpha value is -1.59. The van der Waals surface area contributed by atoms with Crippen LogP contribution in [0.3, 0.4) is 0 Å². The number of ketones is 1. The van der Waals surface area contributed by atoms with E-state index >= 15 is 0 Å². The van der Waals surface area contributed by atoms with E-state index in [4.69, 9.17) is 9.90 Å². The molecule has 3 fully saturated rings. The zero-order chi connectivity index (χ0) is 24.7. The van der Waals surface area contributed by atoms with Crippen LogP contribution in [-0.4, -0.2) is 28.1 Å². The zero-order valence-corrected chi connectivity index (χ0v) is 21.9. The highest BCUT2D eigenvalue weighted by atomic mass is 32.2. The van der Waals surface area contributed by atoms with Crippen molar-refractivity contribution in [2.45, 2.75) is 84.5 Å². The zero-order valence-electron chi connectivity index (χ0n) is 21.0. The Bertz CT molecular complexity index is 954. The number of carbonyl (C=O) groups excluding carboxylic acids is 1. The lowest BCUT2D eigenvalue weighted by atomic mass is 9.41. The van der Waals surface area contributed by atoms with Crippen LogP contribution in [0.4, 0.5) is 0 Å². The van der Waals surface area contributed by atoms with Crippen molar-refractivity contribution in [2.24, 2.45) is 34.0 Å². The van der Waals surface area contributed by atoms with Crippen LogP contribution >= 0.6 is 11.8 Å². The van der Waals surface area contributed by atoms with Gasteiger partial charge in [0.25, 0.3) is 5.97 Å². The lowest BCUT2D eigenvalue weighted by molar-refractivity contribution is -0.161. The van der Waals surface area contributed by atoms with Gasteiger partial charge < -0.3 is 10.2 Å². The predicted octanol–water partition coefficient (Wildman–Crippen LogP) is 6.48. The Morgan fingerprint density at radius 2 is 1.71 bits per heavy atom. The first kappa shape index (κ1) is 25.5. The molecule has 5 heteroatoms. The van der Waals surface area contributed by atoms with Crippen LogP contribution in [-0.2, 0) is 15.3 Å². The number of benzene rings is 1. The van der Waals surface area contributed by atoms with Crippen LogP contribution in [0.1, 0.15) is 78.2 Å². The van der Waals surface area contributed by atoms with Crippen LogP contribution in [0.15, 0.2) is 41.3 Å². The van der Waals surface area contributed by atoms with Crippen molar-refractivity contribution in [2.75, 3.05) is 0 Å². The molecule has 7 atom stereocenters. The van der Waals surface area contributed by atoms with Gasteiger partial charge >= 0.3 is 0 Å². The molecule has 0 spiro atoms. The number of fused-ring (bicyclic) bond motifs is 5. The SMILES string of the molecule is CC(=O)O.CC12CCC3C(CCC4(C)C(=O)C(SCc5ccccc5)=CCC34C)C1CCC2O. The molecule has 1 aromatic rings. The van der Waals surface area contributed by atoms with Crippen molar-refractivity contribution in [3.05, 3.63) is 46.9 Å². The number of hydrogen-bond acceptors (Lipinski definition) is 4. The lowest BCUT2D eigenvalue weighted by Crippen LogP contribution is -2.59. The maximum Gasteiger partial charge on any atom is 0.300 e. The summed E-state index contributed by atoms with van der Waals surface area (Å²) >= 11 is 1.73. The second-order valence-corrected chi connectivity index (χ2v) is 12.7. The van der Waals surface area contributed by atoms with Gasteiger partial charge in [-0.3, -0.25) is 9.59 Å². The summed E-state index contributed by atoms with van der Waals surface area (Å²) in [5.74, 6) is 2.37. The van der Waals surface area contributed by atoms with Crippen molar-refractivity contribution in [3.63, 3.8) is 0 Å². The molecule has 186 valence electrons. The monoisotopic (exact) mass is 484 g/mol. The number of Topliss-reactive ketones (excluding diaryl/α,β-unsaturated/α-hetero) is 1. The number of carboxylic acid groups (broad SMARTS) is 1. The third-order valence-corrected chi connectivity index (χ3v) is 11.3. The van der Waals surface area contributed by atoms with Gasteiger partial charge in [0.15, 0.2) is 5.78 Å². The first-order valence-electron chi connectivity index (χ1n) is 12.8. The molecule has 4 nitrogen and oxygen atoms in total. The summed E-state index contributed by atoms with van der Waals surface area (Å²) in [4.78, 5) is 23.8. The van der Waals surface area contributed by atoms with Crippen LogP contribution in [0.2, 0.25) is 0 Å². The van der Waals surface area contributed by atoms with Crippen molar-refractivity contribution in [1.29, 1.82) is 0 Å². The number of hydrogen-bond donors (Lipinski definition) is 2. The van der Waals surface area contributed by atoms with Crippen LogP contribution in [0, 0.1) is 34.0 Å². The number of aliphatic hydroxyl groups excluding tert-OH is 1. The molecule has 3 saturated carbocycles. The lowest BCUT2D eigenvalue weighted by Gasteiger charge is -2.63. The molecular weight excluding hydrogens is 444 g/mol. The van der Waals surface area contributed by atoms with Gasteiger partial charge in [-0.15, -0.1) is 11.8 Å². The summed E-state index contributed by atoms with van der Waals surface area (Å²) in [7, 11) is 0. The number of thioether (sulfide) groups is 1. The van der Waals surface area contributed by atoms with Gasteiger partial charge in [-0.2, -0.15) is 0 Å². The molecule has 0 bridgehead atoms. The number of allylic oxidation sites excluding steroid dienone is 2. The average Bonchev–Trinajstić information content (AvgIpc) is 3.10. The van der Waals surface area contributed by atoms with Gasteiger partial charge in [0, 0.05) is 23.0 Å². The molecule has 0 radical (unpaired) electrons. The summed E-state index contributed by atoms with van der Waals surface area (Å²) < 4.78 is 0. The highest BCUT2D eigenvalue weighted by molar-refractivity contribution is 8.03. The summed E-state index contributed by atoms with van der Waals surface area (Å²) in [6.45, 7) is 8.12. The molecular formula is C29H40O4S. The highest BCUT2D eigenvalue weighted by Crippen LogP contribution is 2.69. The molecule has 0 aliphatic heterocycles. The Balaban J connectivity index is 0.000000636. The fourth-order valence-electron chi connectivity index (χ4n) is 7.88. The summed E-state index contributed by atoms with van der Waals surface area (Å²) in [6.07, 6.45) is 9.79. The van der Waals surface area contributed by atoms with Gasteiger partial charge in [-0.1, -0.05) is 57.2 Å². The standard InChI is InChI=1S/C27H36O2S.C2H4O2/c1-25-14-12-21-19(20(25)9-10-23(25)28)11-15-27(3)24(29)22(13-16-26(21,27)2)30-17-18-7-5-4-6-8-18;1-2(3)4/h4-8,13,19-21,23,28H,9-12,14-17H2,1-3H3;1H3,(H,3,4).